The van der Waals surface area contributed by atoms with Gasteiger partial charge < -0.3 is 18.9 Å². The van der Waals surface area contributed by atoms with Crippen LogP contribution in [0, 0.1) is 5.92 Å². The molecule has 5 rings (SSSR count). The molecule has 3 atom stereocenters. The Morgan fingerprint density at radius 3 is 2.62 bits per heavy atom. The highest BCUT2D eigenvalue weighted by molar-refractivity contribution is 6.30. The molecule has 1 saturated carbocycles. The third-order valence-electron chi connectivity index (χ3n) is 6.64. The van der Waals surface area contributed by atoms with Gasteiger partial charge in [-0.25, -0.2) is 4.98 Å². The van der Waals surface area contributed by atoms with Crippen LogP contribution in [0.1, 0.15) is 50.8 Å². The zero-order valence-electron chi connectivity index (χ0n) is 18.5. The van der Waals surface area contributed by atoms with Crippen LogP contribution in [0.3, 0.4) is 0 Å². The van der Waals surface area contributed by atoms with Crippen molar-refractivity contribution < 1.29 is 14.3 Å². The number of pyridine rings is 1. The lowest BCUT2D eigenvalue weighted by Gasteiger charge is -2.26. The Morgan fingerprint density at radius 2 is 1.94 bits per heavy atom. The summed E-state index contributed by atoms with van der Waals surface area (Å²) in [6.07, 6.45) is 4.38. The number of ether oxygens (including phenoxy) is 2. The van der Waals surface area contributed by atoms with Crippen LogP contribution in [0.4, 0.5) is 0 Å². The summed E-state index contributed by atoms with van der Waals surface area (Å²) in [7, 11) is 1.65. The van der Waals surface area contributed by atoms with Crippen molar-refractivity contribution in [2.24, 2.45) is 5.92 Å². The molecule has 2 aliphatic rings. The van der Waals surface area contributed by atoms with Crippen molar-refractivity contribution in [3.63, 3.8) is 0 Å². The number of carbonyl (C=O) groups is 1. The normalized spacial score (nSPS) is 20.6. The Labute approximate surface area is 192 Å². The molecule has 1 amide bonds. The van der Waals surface area contributed by atoms with Gasteiger partial charge in [-0.1, -0.05) is 23.7 Å². The van der Waals surface area contributed by atoms with Gasteiger partial charge in [-0.2, -0.15) is 4.98 Å². The third-order valence-corrected chi connectivity index (χ3v) is 6.84. The van der Waals surface area contributed by atoms with Crippen molar-refractivity contribution in [1.29, 1.82) is 0 Å². The highest BCUT2D eigenvalue weighted by atomic mass is 35.5. The van der Waals surface area contributed by atoms with Crippen LogP contribution < -0.4 is 9.47 Å². The number of hydrogen-bond donors (Lipinski definition) is 0. The van der Waals surface area contributed by atoms with Crippen LogP contribution in [-0.4, -0.2) is 45.1 Å². The van der Waals surface area contributed by atoms with Gasteiger partial charge in [0.15, 0.2) is 0 Å². The molecule has 3 aromatic rings. The minimum atomic E-state index is -0.191. The van der Waals surface area contributed by atoms with Crippen molar-refractivity contribution in [2.75, 3.05) is 13.7 Å². The Hall–Kier alpha value is -2.80. The molecule has 1 saturated heterocycles. The van der Waals surface area contributed by atoms with Gasteiger partial charge in [-0.05, 0) is 44.4 Å². The Kier molecular flexibility index (Phi) is 5.45. The van der Waals surface area contributed by atoms with Crippen molar-refractivity contribution >= 4 is 28.5 Å². The predicted octanol–water partition coefficient (Wildman–Crippen LogP) is 4.81. The van der Waals surface area contributed by atoms with Gasteiger partial charge in [0.25, 0.3) is 0 Å². The average molecular weight is 455 g/mol. The van der Waals surface area contributed by atoms with E-state index in [4.69, 9.17) is 21.1 Å². The Morgan fingerprint density at radius 1 is 1.19 bits per heavy atom. The van der Waals surface area contributed by atoms with Gasteiger partial charge in [0.2, 0.25) is 11.8 Å². The Balaban J connectivity index is 1.33. The van der Waals surface area contributed by atoms with E-state index < -0.39 is 0 Å². The number of benzene rings is 1. The molecule has 0 spiro atoms. The molecule has 8 heteroatoms. The first-order valence-corrected chi connectivity index (χ1v) is 11.5. The fourth-order valence-corrected chi connectivity index (χ4v) is 4.67. The fourth-order valence-electron chi connectivity index (χ4n) is 4.49. The van der Waals surface area contributed by atoms with E-state index in [0.717, 1.165) is 35.2 Å². The van der Waals surface area contributed by atoms with Crippen molar-refractivity contribution in [1.82, 2.24) is 19.4 Å². The molecule has 0 bridgehead atoms. The van der Waals surface area contributed by atoms with Gasteiger partial charge in [-0.15, -0.1) is 0 Å². The average Bonchev–Trinajstić information content (AvgIpc) is 3.42. The molecule has 0 radical (unpaired) electrons. The number of aromatic nitrogens is 3. The minimum absolute atomic E-state index is 0.0158. The summed E-state index contributed by atoms with van der Waals surface area (Å²) in [6.45, 7) is 4.70. The molecular weight excluding hydrogens is 428 g/mol. The van der Waals surface area contributed by atoms with Gasteiger partial charge in [-0.3, -0.25) is 4.79 Å². The second-order valence-corrected chi connectivity index (χ2v) is 9.17. The van der Waals surface area contributed by atoms with Gasteiger partial charge in [0, 0.05) is 31.0 Å². The number of fused-ring (bicyclic) bond motifs is 1. The van der Waals surface area contributed by atoms with E-state index >= 15 is 0 Å². The number of carbonyl (C=O) groups excluding carboxylic acids is 1. The van der Waals surface area contributed by atoms with Crippen LogP contribution in [0.25, 0.3) is 11.0 Å². The van der Waals surface area contributed by atoms with Gasteiger partial charge in [0.1, 0.15) is 22.5 Å². The number of likely N-dealkylation sites (tertiary alicyclic amines) is 1. The van der Waals surface area contributed by atoms with E-state index in [-0.39, 0.29) is 24.0 Å². The maximum atomic E-state index is 12.9. The number of halogens is 1. The van der Waals surface area contributed by atoms with Crippen LogP contribution >= 0.6 is 11.6 Å². The quantitative estimate of drug-likeness (QED) is 0.479. The van der Waals surface area contributed by atoms with Crippen LogP contribution in [0.2, 0.25) is 5.15 Å². The number of imidazole rings is 1. The number of hydrogen-bond acceptors (Lipinski definition) is 5. The number of nitrogens with zero attached hydrogens (tertiary/aromatic N) is 4. The molecule has 2 aromatic heterocycles. The first kappa shape index (κ1) is 21.1. The van der Waals surface area contributed by atoms with Crippen LogP contribution in [0.15, 0.2) is 36.7 Å². The van der Waals surface area contributed by atoms with Crippen LogP contribution in [0.5, 0.6) is 11.6 Å². The summed E-state index contributed by atoms with van der Waals surface area (Å²) in [4.78, 5) is 23.7. The summed E-state index contributed by atoms with van der Waals surface area (Å²) in [5, 5.41) is 0.359. The second-order valence-electron chi connectivity index (χ2n) is 8.78. The fraction of sp³-hybridized carbons (Fsp3) is 0.458. The highest BCUT2D eigenvalue weighted by Crippen LogP contribution is 2.40. The van der Waals surface area contributed by atoms with E-state index in [1.165, 1.54) is 0 Å². The largest absolute Gasteiger partial charge is 0.497 e. The molecule has 1 aliphatic heterocycles. The SMILES string of the molecule is COc1ccc([C@@H](C)N2CC([C@@H](C)Oc3nc(Cl)cc4ncn(C5CC5)c34)CC2=O)cc1. The standard InChI is InChI=1S/C24H27ClN4O3/c1-14(16-4-8-19(31-3)9-5-16)28-12-17(10-22(28)30)15(2)32-24-23-20(11-21(25)27-24)26-13-29(23)18-6-7-18/h4-5,8-9,11,13-15,17-18H,6-7,10,12H2,1-3H3/t14-,15-,17?/m1/s1. The number of rotatable bonds is 7. The predicted molar refractivity (Wildman–Crippen MR) is 122 cm³/mol. The smallest absolute Gasteiger partial charge is 0.241 e. The lowest BCUT2D eigenvalue weighted by molar-refractivity contribution is -0.129. The minimum Gasteiger partial charge on any atom is -0.497 e. The topological polar surface area (TPSA) is 69.5 Å². The zero-order valence-corrected chi connectivity index (χ0v) is 19.2. The molecule has 168 valence electrons. The molecule has 1 aromatic carbocycles. The summed E-state index contributed by atoms with van der Waals surface area (Å²) >= 11 is 6.24. The second kappa shape index (κ2) is 8.28. The molecule has 2 fully saturated rings. The first-order valence-electron chi connectivity index (χ1n) is 11.1. The number of methoxy groups -OCH3 is 1. The van der Waals surface area contributed by atoms with Crippen molar-refractivity contribution in [2.45, 2.75) is 51.3 Å². The van der Waals surface area contributed by atoms with Gasteiger partial charge in [0.05, 0.1) is 25.0 Å². The highest BCUT2D eigenvalue weighted by Gasteiger charge is 2.37. The molecular formula is C24H27ClN4O3. The molecule has 7 nitrogen and oxygen atoms in total. The maximum absolute atomic E-state index is 12.9. The summed E-state index contributed by atoms with van der Waals surface area (Å²) in [5.41, 5.74) is 2.76. The van der Waals surface area contributed by atoms with E-state index in [1.807, 2.05) is 42.4 Å². The van der Waals surface area contributed by atoms with Gasteiger partial charge >= 0.3 is 0 Å². The lowest BCUT2D eigenvalue weighted by atomic mass is 10.0. The zero-order chi connectivity index (χ0) is 22.4. The third kappa shape index (κ3) is 3.90. The van der Waals surface area contributed by atoms with E-state index in [2.05, 4.69) is 21.5 Å². The molecule has 3 heterocycles. The van der Waals surface area contributed by atoms with Crippen molar-refractivity contribution in [3.8, 4) is 11.6 Å². The summed E-state index contributed by atoms with van der Waals surface area (Å²) in [6, 6.07) is 10.1. The van der Waals surface area contributed by atoms with E-state index in [0.29, 0.717) is 30.0 Å². The summed E-state index contributed by atoms with van der Waals surface area (Å²) < 4.78 is 13.7. The summed E-state index contributed by atoms with van der Waals surface area (Å²) in [5.74, 6) is 1.51. The van der Waals surface area contributed by atoms with Crippen molar-refractivity contribution in [3.05, 3.63) is 47.4 Å². The van der Waals surface area contributed by atoms with E-state index in [9.17, 15) is 4.79 Å². The first-order chi connectivity index (χ1) is 15.4. The molecule has 1 unspecified atom stereocenters. The van der Waals surface area contributed by atoms with E-state index in [1.54, 1.807) is 13.2 Å². The molecule has 1 aliphatic carbocycles. The lowest BCUT2D eigenvalue weighted by Crippen LogP contribution is -2.31. The monoisotopic (exact) mass is 454 g/mol. The Bertz CT molecular complexity index is 1140. The molecule has 0 N–H and O–H groups in total. The van der Waals surface area contributed by atoms with Crippen LogP contribution in [-0.2, 0) is 4.79 Å². The maximum Gasteiger partial charge on any atom is 0.241 e. The molecule has 32 heavy (non-hydrogen) atoms. The number of amides is 1.